The quantitative estimate of drug-likeness (QED) is 0.774. The third kappa shape index (κ3) is 1.95. The zero-order chi connectivity index (χ0) is 12.4. The second-order valence-electron chi connectivity index (χ2n) is 3.96. The van der Waals surface area contributed by atoms with Gasteiger partial charge in [0.25, 0.3) is 0 Å². The van der Waals surface area contributed by atoms with Crippen molar-refractivity contribution in [2.75, 3.05) is 0 Å². The van der Waals surface area contributed by atoms with Crippen LogP contribution in [0.1, 0.15) is 12.6 Å². The topological polar surface area (TPSA) is 41.6 Å². The van der Waals surface area contributed by atoms with Crippen LogP contribution in [0.4, 0.5) is 0 Å². The summed E-state index contributed by atoms with van der Waals surface area (Å²) in [5.74, 6) is 0.843. The average molecular weight is 255 g/mol. The summed E-state index contributed by atoms with van der Waals surface area (Å²) in [5.41, 5.74) is 3.10. The molecule has 3 nitrogen and oxygen atoms in total. The van der Waals surface area contributed by atoms with Gasteiger partial charge < -0.3 is 4.98 Å². The van der Waals surface area contributed by atoms with Crippen LogP contribution in [0.3, 0.4) is 0 Å². The molecule has 0 saturated heterocycles. The van der Waals surface area contributed by atoms with E-state index in [4.69, 9.17) is 0 Å². The molecule has 0 amide bonds. The Labute approximate surface area is 110 Å². The number of thiophene rings is 1. The Hall–Kier alpha value is -1.94. The standard InChI is InChI=1S/C14H13N3S/c1-2-10-13(12-7-5-9-18-12)17-14(16-10)11-6-3-4-8-15-11/h3-9H,2H2,1H3,(H,16,17). The number of rotatable bonds is 3. The largest absolute Gasteiger partial charge is 0.340 e. The molecule has 0 radical (unpaired) electrons. The summed E-state index contributed by atoms with van der Waals surface area (Å²) < 4.78 is 0. The molecule has 0 saturated carbocycles. The number of aryl methyl sites for hydroxylation is 1. The third-order valence-corrected chi connectivity index (χ3v) is 3.67. The van der Waals surface area contributed by atoms with Gasteiger partial charge in [-0.2, -0.15) is 0 Å². The summed E-state index contributed by atoms with van der Waals surface area (Å²) >= 11 is 1.71. The fraction of sp³-hybridized carbons (Fsp3) is 0.143. The maximum Gasteiger partial charge on any atom is 0.156 e. The van der Waals surface area contributed by atoms with Crippen LogP contribution < -0.4 is 0 Å². The first-order valence-corrected chi connectivity index (χ1v) is 6.80. The monoisotopic (exact) mass is 255 g/mol. The Kier molecular flexibility index (Phi) is 2.94. The lowest BCUT2D eigenvalue weighted by Crippen LogP contribution is -1.84. The SMILES string of the molecule is CCc1[nH]c(-c2ccccn2)nc1-c1cccs1. The lowest BCUT2D eigenvalue weighted by molar-refractivity contribution is 1.07. The van der Waals surface area contributed by atoms with Gasteiger partial charge in [-0.25, -0.2) is 4.98 Å². The van der Waals surface area contributed by atoms with Crippen molar-refractivity contribution >= 4 is 11.3 Å². The normalized spacial score (nSPS) is 10.7. The van der Waals surface area contributed by atoms with E-state index >= 15 is 0 Å². The smallest absolute Gasteiger partial charge is 0.156 e. The number of nitrogens with one attached hydrogen (secondary N) is 1. The van der Waals surface area contributed by atoms with E-state index in [2.05, 4.69) is 39.4 Å². The summed E-state index contributed by atoms with van der Waals surface area (Å²) in [7, 11) is 0. The van der Waals surface area contributed by atoms with Gasteiger partial charge in [0, 0.05) is 11.9 Å². The number of hydrogen-bond donors (Lipinski definition) is 1. The molecule has 90 valence electrons. The lowest BCUT2D eigenvalue weighted by Gasteiger charge is -1.94. The first-order valence-electron chi connectivity index (χ1n) is 5.92. The zero-order valence-corrected chi connectivity index (χ0v) is 10.9. The molecule has 3 heterocycles. The Morgan fingerprint density at radius 2 is 2.17 bits per heavy atom. The summed E-state index contributed by atoms with van der Waals surface area (Å²) in [5, 5.41) is 2.07. The highest BCUT2D eigenvalue weighted by Gasteiger charge is 2.13. The first-order chi connectivity index (χ1) is 8.88. The molecule has 18 heavy (non-hydrogen) atoms. The molecule has 0 aliphatic carbocycles. The van der Waals surface area contributed by atoms with Crippen LogP contribution in [0.2, 0.25) is 0 Å². The van der Waals surface area contributed by atoms with Gasteiger partial charge in [0.15, 0.2) is 5.82 Å². The van der Waals surface area contributed by atoms with E-state index in [1.54, 1.807) is 17.5 Å². The Morgan fingerprint density at radius 3 is 2.83 bits per heavy atom. The van der Waals surface area contributed by atoms with E-state index in [1.165, 1.54) is 4.88 Å². The van der Waals surface area contributed by atoms with Crippen LogP contribution in [0, 0.1) is 0 Å². The van der Waals surface area contributed by atoms with Gasteiger partial charge in [-0.1, -0.05) is 19.1 Å². The molecular weight excluding hydrogens is 242 g/mol. The molecule has 0 fully saturated rings. The van der Waals surface area contributed by atoms with Gasteiger partial charge in [0.05, 0.1) is 4.88 Å². The van der Waals surface area contributed by atoms with E-state index in [1.807, 2.05) is 18.2 Å². The highest BCUT2D eigenvalue weighted by Crippen LogP contribution is 2.28. The molecule has 0 unspecified atom stereocenters. The summed E-state index contributed by atoms with van der Waals surface area (Å²) in [6.45, 7) is 2.13. The van der Waals surface area contributed by atoms with Gasteiger partial charge >= 0.3 is 0 Å². The van der Waals surface area contributed by atoms with Gasteiger partial charge in [-0.3, -0.25) is 4.98 Å². The van der Waals surface area contributed by atoms with Crippen molar-refractivity contribution in [3.05, 3.63) is 47.6 Å². The van der Waals surface area contributed by atoms with Crippen molar-refractivity contribution in [1.82, 2.24) is 15.0 Å². The van der Waals surface area contributed by atoms with Crippen LogP contribution in [0.15, 0.2) is 41.9 Å². The highest BCUT2D eigenvalue weighted by atomic mass is 32.1. The number of aromatic nitrogens is 3. The Morgan fingerprint density at radius 1 is 1.22 bits per heavy atom. The fourth-order valence-electron chi connectivity index (χ4n) is 1.91. The van der Waals surface area contributed by atoms with Crippen LogP contribution >= 0.6 is 11.3 Å². The molecule has 0 atom stereocenters. The molecule has 3 aromatic rings. The predicted molar refractivity (Wildman–Crippen MR) is 74.5 cm³/mol. The molecule has 0 aliphatic rings. The molecule has 0 spiro atoms. The van der Waals surface area contributed by atoms with Crippen molar-refractivity contribution in [1.29, 1.82) is 0 Å². The molecule has 0 aromatic carbocycles. The van der Waals surface area contributed by atoms with Crippen molar-refractivity contribution < 1.29 is 0 Å². The molecular formula is C14H13N3S. The molecule has 0 bridgehead atoms. The lowest BCUT2D eigenvalue weighted by atomic mass is 10.2. The Balaban J connectivity index is 2.09. The number of hydrogen-bond acceptors (Lipinski definition) is 3. The maximum absolute atomic E-state index is 4.69. The summed E-state index contributed by atoms with van der Waals surface area (Å²) in [6.07, 6.45) is 2.72. The molecule has 0 aliphatic heterocycles. The summed E-state index contributed by atoms with van der Waals surface area (Å²) in [6, 6.07) is 10.0. The number of pyridine rings is 1. The zero-order valence-electron chi connectivity index (χ0n) is 10.1. The number of nitrogens with zero attached hydrogens (tertiary/aromatic N) is 2. The van der Waals surface area contributed by atoms with Crippen molar-refractivity contribution in [3.8, 4) is 22.1 Å². The van der Waals surface area contributed by atoms with Crippen LogP contribution in [0.25, 0.3) is 22.1 Å². The minimum Gasteiger partial charge on any atom is -0.340 e. The second kappa shape index (κ2) is 4.74. The Bertz CT molecular complexity index is 626. The second-order valence-corrected chi connectivity index (χ2v) is 4.91. The van der Waals surface area contributed by atoms with E-state index in [9.17, 15) is 0 Å². The average Bonchev–Trinajstić information content (AvgIpc) is 3.08. The number of H-pyrrole nitrogens is 1. The predicted octanol–water partition coefficient (Wildman–Crippen LogP) is 3.76. The van der Waals surface area contributed by atoms with Crippen LogP contribution in [-0.4, -0.2) is 15.0 Å². The minimum absolute atomic E-state index is 0.843. The van der Waals surface area contributed by atoms with Crippen molar-refractivity contribution in [2.24, 2.45) is 0 Å². The first kappa shape index (κ1) is 11.2. The molecule has 3 rings (SSSR count). The van der Waals surface area contributed by atoms with Gasteiger partial charge in [0.1, 0.15) is 11.4 Å². The third-order valence-electron chi connectivity index (χ3n) is 2.79. The highest BCUT2D eigenvalue weighted by molar-refractivity contribution is 7.13. The van der Waals surface area contributed by atoms with Crippen molar-refractivity contribution in [3.63, 3.8) is 0 Å². The van der Waals surface area contributed by atoms with E-state index in [0.717, 1.165) is 29.3 Å². The van der Waals surface area contributed by atoms with Gasteiger partial charge in [0.2, 0.25) is 0 Å². The van der Waals surface area contributed by atoms with Gasteiger partial charge in [-0.05, 0) is 30.0 Å². The number of imidazole rings is 1. The summed E-state index contributed by atoms with van der Waals surface area (Å²) in [4.78, 5) is 13.6. The van der Waals surface area contributed by atoms with Crippen molar-refractivity contribution in [2.45, 2.75) is 13.3 Å². The van der Waals surface area contributed by atoms with Crippen LogP contribution in [-0.2, 0) is 6.42 Å². The maximum atomic E-state index is 4.69. The van der Waals surface area contributed by atoms with E-state index < -0.39 is 0 Å². The minimum atomic E-state index is 0.843. The molecule has 4 heteroatoms. The van der Waals surface area contributed by atoms with E-state index in [-0.39, 0.29) is 0 Å². The number of aromatic amines is 1. The molecule has 1 N–H and O–H groups in total. The molecule has 3 aromatic heterocycles. The van der Waals surface area contributed by atoms with Gasteiger partial charge in [-0.15, -0.1) is 11.3 Å². The fourth-order valence-corrected chi connectivity index (χ4v) is 2.65. The van der Waals surface area contributed by atoms with E-state index in [0.29, 0.717) is 0 Å². The van der Waals surface area contributed by atoms with Crippen LogP contribution in [0.5, 0.6) is 0 Å².